The summed E-state index contributed by atoms with van der Waals surface area (Å²) >= 11 is 2.33. The molecule has 0 unspecified atom stereocenters. The Morgan fingerprint density at radius 1 is 1.38 bits per heavy atom. The van der Waals surface area contributed by atoms with E-state index in [0.29, 0.717) is 0 Å². The molecular weight excluding hydrogens is 281 g/mol. The molecule has 1 heterocycles. The lowest BCUT2D eigenvalue weighted by Crippen LogP contribution is -2.38. The van der Waals surface area contributed by atoms with Gasteiger partial charge in [-0.3, -0.25) is 0 Å². The predicted octanol–water partition coefficient (Wildman–Crippen LogP) is 1.63. The minimum atomic E-state index is 0.0857. The number of halogens is 1. The molecule has 76 valence electrons. The molecule has 1 aliphatic heterocycles. The van der Waals surface area contributed by atoms with E-state index in [-0.39, 0.29) is 12.2 Å². The molecule has 0 aromatic heterocycles. The molecule has 13 heavy (non-hydrogen) atoms. The van der Waals surface area contributed by atoms with Gasteiger partial charge in [-0.1, -0.05) is 12.2 Å². The average molecular weight is 297 g/mol. The Morgan fingerprint density at radius 2 is 2.15 bits per heavy atom. The van der Waals surface area contributed by atoms with Gasteiger partial charge < -0.3 is 9.47 Å². The Hall–Kier alpha value is 0.350. The van der Waals surface area contributed by atoms with Gasteiger partial charge in [0.15, 0.2) is 0 Å². The number of rotatable bonds is 2. The molecule has 0 spiro atoms. The van der Waals surface area contributed by atoms with E-state index in [1.54, 1.807) is 14.2 Å². The van der Waals surface area contributed by atoms with Crippen LogP contribution in [0.3, 0.4) is 0 Å². The number of ether oxygens (including phenoxy) is 2. The minimum absolute atomic E-state index is 0.0857. The summed E-state index contributed by atoms with van der Waals surface area (Å²) in [7, 11) is 3.46. The molecule has 0 radical (unpaired) electrons. The van der Waals surface area contributed by atoms with Crippen LogP contribution in [0.2, 0.25) is 0 Å². The monoisotopic (exact) mass is 297 g/mol. The molecule has 0 amide bonds. The lowest BCUT2D eigenvalue weighted by Gasteiger charge is -2.27. The van der Waals surface area contributed by atoms with Crippen LogP contribution in [0.5, 0.6) is 0 Å². The number of hydrogen-bond donors (Lipinski definition) is 0. The van der Waals surface area contributed by atoms with Crippen LogP contribution in [-0.4, -0.2) is 42.6 Å². The summed E-state index contributed by atoms with van der Waals surface area (Å²) in [4.78, 5) is 0. The summed E-state index contributed by atoms with van der Waals surface area (Å²) in [6.45, 7) is 1.99. The van der Waals surface area contributed by atoms with E-state index in [1.165, 1.54) is 0 Å². The van der Waals surface area contributed by atoms with Crippen molar-refractivity contribution in [2.75, 3.05) is 27.3 Å². The molecule has 1 rings (SSSR count). The first-order valence-electron chi connectivity index (χ1n) is 4.41. The number of nitrogens with zero attached hydrogens (tertiary/aromatic N) is 1. The van der Waals surface area contributed by atoms with Crippen LogP contribution in [-0.2, 0) is 9.47 Å². The number of methoxy groups -OCH3 is 2. The van der Waals surface area contributed by atoms with E-state index >= 15 is 0 Å². The minimum Gasteiger partial charge on any atom is -0.377 e. The van der Waals surface area contributed by atoms with Crippen molar-refractivity contribution in [3.63, 3.8) is 0 Å². The van der Waals surface area contributed by atoms with Crippen molar-refractivity contribution < 1.29 is 9.47 Å². The van der Waals surface area contributed by atoms with Crippen LogP contribution in [0.15, 0.2) is 12.2 Å². The van der Waals surface area contributed by atoms with Crippen LogP contribution in [0.4, 0.5) is 0 Å². The fourth-order valence-corrected chi connectivity index (χ4v) is 2.07. The predicted molar refractivity (Wildman–Crippen MR) is 60.9 cm³/mol. The molecule has 0 saturated heterocycles. The van der Waals surface area contributed by atoms with E-state index in [1.807, 2.05) is 0 Å². The maximum absolute atomic E-state index is 5.38. The van der Waals surface area contributed by atoms with Gasteiger partial charge in [-0.15, -0.1) is 0 Å². The van der Waals surface area contributed by atoms with Gasteiger partial charge in [-0.2, -0.15) is 0 Å². The largest absolute Gasteiger partial charge is 0.377 e. The highest BCUT2D eigenvalue weighted by Crippen LogP contribution is 2.13. The number of hydrogen-bond acceptors (Lipinski definition) is 3. The molecule has 0 N–H and O–H groups in total. The maximum atomic E-state index is 5.38. The zero-order valence-corrected chi connectivity index (χ0v) is 10.2. The van der Waals surface area contributed by atoms with E-state index < -0.39 is 0 Å². The Morgan fingerprint density at radius 3 is 2.77 bits per heavy atom. The molecular formula is C9H16INO2. The molecule has 0 aliphatic carbocycles. The second-order valence-corrected chi connectivity index (χ2v) is 4.42. The van der Waals surface area contributed by atoms with Crippen molar-refractivity contribution in [2.45, 2.75) is 18.6 Å². The first kappa shape index (κ1) is 11.4. The summed E-state index contributed by atoms with van der Waals surface area (Å²) in [5.41, 5.74) is 0. The Bertz CT molecular complexity index is 175. The van der Waals surface area contributed by atoms with Gasteiger partial charge in [0.1, 0.15) is 12.2 Å². The maximum Gasteiger partial charge on any atom is 0.103 e. The summed E-state index contributed by atoms with van der Waals surface area (Å²) in [6.07, 6.45) is 5.56. The van der Waals surface area contributed by atoms with Gasteiger partial charge in [0.25, 0.3) is 0 Å². The molecule has 1 aliphatic rings. The third kappa shape index (κ3) is 3.53. The van der Waals surface area contributed by atoms with Gasteiger partial charge in [-0.25, -0.2) is 3.11 Å². The highest BCUT2D eigenvalue weighted by atomic mass is 127. The molecule has 0 fully saturated rings. The van der Waals surface area contributed by atoms with Gasteiger partial charge in [-0.05, 0) is 6.42 Å². The van der Waals surface area contributed by atoms with Gasteiger partial charge in [0.05, 0.1) is 0 Å². The van der Waals surface area contributed by atoms with Crippen molar-refractivity contribution >= 4 is 22.9 Å². The normalized spacial score (nSPS) is 33.8. The molecule has 3 nitrogen and oxygen atoms in total. The zero-order valence-electron chi connectivity index (χ0n) is 8.07. The van der Waals surface area contributed by atoms with E-state index in [9.17, 15) is 0 Å². The highest BCUT2D eigenvalue weighted by molar-refractivity contribution is 14.1. The Kier molecular flexibility index (Phi) is 5.23. The standard InChI is InChI=1S/C9H16INO2/c1-12-8-5-3-4-6-11(10)7-9(8)13-2/h3,5,8-9H,4,6-7H2,1-2H3/b5-3-/t8-,9-/m0/s1. The van der Waals surface area contributed by atoms with Crippen molar-refractivity contribution in [2.24, 2.45) is 0 Å². The first-order chi connectivity index (χ1) is 6.27. The third-order valence-electron chi connectivity index (χ3n) is 2.18. The molecule has 4 heteroatoms. The summed E-state index contributed by atoms with van der Waals surface area (Å²) < 4.78 is 13.0. The quantitative estimate of drug-likeness (QED) is 0.439. The lowest BCUT2D eigenvalue weighted by atomic mass is 10.1. The van der Waals surface area contributed by atoms with E-state index in [4.69, 9.17) is 9.47 Å². The van der Waals surface area contributed by atoms with Crippen LogP contribution in [0.25, 0.3) is 0 Å². The van der Waals surface area contributed by atoms with Gasteiger partial charge in [0, 0.05) is 50.2 Å². The van der Waals surface area contributed by atoms with E-state index in [2.05, 4.69) is 38.1 Å². The fourth-order valence-electron chi connectivity index (χ4n) is 1.40. The van der Waals surface area contributed by atoms with Crippen molar-refractivity contribution in [1.82, 2.24) is 3.11 Å². The van der Waals surface area contributed by atoms with Crippen LogP contribution >= 0.6 is 22.9 Å². The van der Waals surface area contributed by atoms with Crippen LogP contribution in [0, 0.1) is 0 Å². The zero-order chi connectivity index (χ0) is 9.68. The van der Waals surface area contributed by atoms with Gasteiger partial charge in [0.2, 0.25) is 0 Å². The fraction of sp³-hybridized carbons (Fsp3) is 0.778. The second-order valence-electron chi connectivity index (χ2n) is 3.06. The summed E-state index contributed by atoms with van der Waals surface area (Å²) in [6, 6.07) is 0. The van der Waals surface area contributed by atoms with Crippen LogP contribution in [0.1, 0.15) is 6.42 Å². The average Bonchev–Trinajstić information content (AvgIpc) is 2.11. The molecule has 2 atom stereocenters. The lowest BCUT2D eigenvalue weighted by molar-refractivity contribution is -0.0177. The smallest absolute Gasteiger partial charge is 0.103 e. The van der Waals surface area contributed by atoms with Gasteiger partial charge >= 0.3 is 0 Å². The Balaban J connectivity index is 2.62. The first-order valence-corrected chi connectivity index (χ1v) is 5.37. The Labute approximate surface area is 93.6 Å². The van der Waals surface area contributed by atoms with Crippen molar-refractivity contribution in [1.29, 1.82) is 0 Å². The summed E-state index contributed by atoms with van der Waals surface area (Å²) in [5.74, 6) is 0. The van der Waals surface area contributed by atoms with Crippen LogP contribution < -0.4 is 0 Å². The topological polar surface area (TPSA) is 21.7 Å². The van der Waals surface area contributed by atoms with Crippen molar-refractivity contribution in [3.05, 3.63) is 12.2 Å². The highest BCUT2D eigenvalue weighted by Gasteiger charge is 2.21. The molecule has 0 aromatic rings. The molecule has 0 bridgehead atoms. The second kappa shape index (κ2) is 5.95. The third-order valence-corrected chi connectivity index (χ3v) is 3.06. The van der Waals surface area contributed by atoms with Crippen molar-refractivity contribution in [3.8, 4) is 0 Å². The summed E-state index contributed by atoms with van der Waals surface area (Å²) in [5, 5.41) is 0. The molecule has 0 saturated carbocycles. The van der Waals surface area contributed by atoms with E-state index in [0.717, 1.165) is 19.5 Å². The SMILES string of the molecule is CO[C@H]1/C=C\CCN(I)C[C@@H]1OC. The molecule has 0 aromatic carbocycles.